The number of carbonyl (C=O) groups is 2. The summed E-state index contributed by atoms with van der Waals surface area (Å²) in [5.74, 6) is -1.98. The summed E-state index contributed by atoms with van der Waals surface area (Å²) in [6.07, 6.45) is 1.35. The van der Waals surface area contributed by atoms with Crippen LogP contribution in [0, 0.1) is 0 Å². The molecule has 3 aromatic heterocycles. The SMILES string of the molecule is CC(c1ccc(C(=O)NNC(=O)C(F)F)cn1)n1cc(-c2ccc(N)nc2)nn1. The molecule has 12 heteroatoms. The molecule has 0 saturated carbocycles. The highest BCUT2D eigenvalue weighted by molar-refractivity contribution is 5.95. The molecule has 1 atom stereocenters. The van der Waals surface area contributed by atoms with Crippen molar-refractivity contribution in [3.8, 4) is 11.3 Å². The summed E-state index contributed by atoms with van der Waals surface area (Å²) in [5, 5.41) is 8.19. The topological polar surface area (TPSA) is 141 Å². The largest absolute Gasteiger partial charge is 0.384 e. The van der Waals surface area contributed by atoms with Gasteiger partial charge in [-0.1, -0.05) is 5.21 Å². The second-order valence-electron chi connectivity index (χ2n) is 5.95. The van der Waals surface area contributed by atoms with Gasteiger partial charge < -0.3 is 5.73 Å². The highest BCUT2D eigenvalue weighted by atomic mass is 19.3. The minimum Gasteiger partial charge on any atom is -0.384 e. The maximum atomic E-state index is 12.1. The van der Waals surface area contributed by atoms with E-state index in [1.54, 1.807) is 40.7 Å². The van der Waals surface area contributed by atoms with Gasteiger partial charge in [0.2, 0.25) is 0 Å². The first-order valence-corrected chi connectivity index (χ1v) is 8.33. The quantitative estimate of drug-likeness (QED) is 0.540. The van der Waals surface area contributed by atoms with E-state index in [1.807, 2.05) is 12.3 Å². The van der Waals surface area contributed by atoms with Gasteiger partial charge in [-0.05, 0) is 31.2 Å². The first kappa shape index (κ1) is 19.8. The van der Waals surface area contributed by atoms with Crippen LogP contribution < -0.4 is 16.6 Å². The molecule has 3 rings (SSSR count). The van der Waals surface area contributed by atoms with Crippen LogP contribution in [0.2, 0.25) is 0 Å². The van der Waals surface area contributed by atoms with Crippen molar-refractivity contribution in [3.05, 3.63) is 54.1 Å². The summed E-state index contributed by atoms with van der Waals surface area (Å²) in [7, 11) is 0. The zero-order chi connectivity index (χ0) is 21.0. The maximum Gasteiger partial charge on any atom is 0.317 e. The second-order valence-corrected chi connectivity index (χ2v) is 5.95. The van der Waals surface area contributed by atoms with Gasteiger partial charge in [-0.15, -0.1) is 5.10 Å². The molecule has 0 radical (unpaired) electrons. The molecule has 0 aliphatic carbocycles. The standard InChI is InChI=1S/C17H16F2N8O2/c1-9(27-8-13(23-26-27)10-3-5-14(20)22-6-10)12-4-2-11(7-21-12)16(28)24-25-17(29)15(18)19/h2-9,15H,1H3,(H2,20,22)(H,24,28)(H,25,29). The van der Waals surface area contributed by atoms with Crippen molar-refractivity contribution in [2.24, 2.45) is 0 Å². The average Bonchev–Trinajstić information content (AvgIpc) is 3.22. The fourth-order valence-electron chi connectivity index (χ4n) is 2.32. The third kappa shape index (κ3) is 4.66. The predicted octanol–water partition coefficient (Wildman–Crippen LogP) is 0.953. The number of nitrogens with one attached hydrogen (secondary N) is 2. The van der Waals surface area contributed by atoms with Gasteiger partial charge in [0.05, 0.1) is 23.5 Å². The number of carbonyl (C=O) groups excluding carboxylic acids is 2. The van der Waals surface area contributed by atoms with E-state index in [0.29, 0.717) is 17.2 Å². The monoisotopic (exact) mass is 402 g/mol. The zero-order valence-corrected chi connectivity index (χ0v) is 15.1. The van der Waals surface area contributed by atoms with E-state index < -0.39 is 18.2 Å². The third-order valence-electron chi connectivity index (χ3n) is 3.96. The van der Waals surface area contributed by atoms with Crippen molar-refractivity contribution in [2.45, 2.75) is 19.4 Å². The van der Waals surface area contributed by atoms with E-state index in [9.17, 15) is 18.4 Å². The molecular formula is C17H16F2N8O2. The van der Waals surface area contributed by atoms with Gasteiger partial charge in [0.1, 0.15) is 11.5 Å². The van der Waals surface area contributed by atoms with Crippen molar-refractivity contribution in [3.63, 3.8) is 0 Å². The maximum absolute atomic E-state index is 12.1. The molecule has 0 saturated heterocycles. The summed E-state index contributed by atoms with van der Waals surface area (Å²) in [6, 6.07) is 6.17. The molecule has 29 heavy (non-hydrogen) atoms. The summed E-state index contributed by atoms with van der Waals surface area (Å²) in [5.41, 5.74) is 11.1. The van der Waals surface area contributed by atoms with E-state index in [1.165, 1.54) is 12.3 Å². The number of nitrogens with zero attached hydrogens (tertiary/aromatic N) is 5. The van der Waals surface area contributed by atoms with Crippen molar-refractivity contribution in [2.75, 3.05) is 5.73 Å². The first-order chi connectivity index (χ1) is 13.8. The second kappa shape index (κ2) is 8.37. The number of halogens is 2. The number of hydrazine groups is 1. The zero-order valence-electron chi connectivity index (χ0n) is 15.1. The smallest absolute Gasteiger partial charge is 0.317 e. The molecule has 2 amide bonds. The molecule has 0 aliphatic rings. The number of hydrogen-bond acceptors (Lipinski definition) is 7. The molecule has 150 valence electrons. The lowest BCUT2D eigenvalue weighted by Crippen LogP contribution is -2.44. The number of pyridine rings is 2. The first-order valence-electron chi connectivity index (χ1n) is 8.33. The summed E-state index contributed by atoms with van der Waals surface area (Å²) >= 11 is 0. The van der Waals surface area contributed by atoms with E-state index in [-0.39, 0.29) is 11.6 Å². The predicted molar refractivity (Wildman–Crippen MR) is 97.3 cm³/mol. The molecule has 3 heterocycles. The van der Waals surface area contributed by atoms with Crippen LogP contribution in [0.15, 0.2) is 42.9 Å². The molecular weight excluding hydrogens is 386 g/mol. The Morgan fingerprint density at radius 2 is 1.90 bits per heavy atom. The highest BCUT2D eigenvalue weighted by Gasteiger charge is 2.17. The van der Waals surface area contributed by atoms with E-state index >= 15 is 0 Å². The molecule has 10 nitrogen and oxygen atoms in total. The van der Waals surface area contributed by atoms with Crippen LogP contribution in [0.3, 0.4) is 0 Å². The van der Waals surface area contributed by atoms with Crippen LogP contribution >= 0.6 is 0 Å². The number of nitrogens with two attached hydrogens (primary N) is 1. The van der Waals surface area contributed by atoms with Crippen LogP contribution in [0.25, 0.3) is 11.3 Å². The van der Waals surface area contributed by atoms with Crippen molar-refractivity contribution in [1.29, 1.82) is 0 Å². The Morgan fingerprint density at radius 3 is 2.52 bits per heavy atom. The van der Waals surface area contributed by atoms with Crippen LogP contribution in [0.4, 0.5) is 14.6 Å². The van der Waals surface area contributed by atoms with Gasteiger partial charge in [0.25, 0.3) is 5.91 Å². The number of anilines is 1. The molecule has 3 aromatic rings. The van der Waals surface area contributed by atoms with Crippen LogP contribution in [0.5, 0.6) is 0 Å². The van der Waals surface area contributed by atoms with Crippen molar-refractivity contribution >= 4 is 17.6 Å². The van der Waals surface area contributed by atoms with Crippen LogP contribution in [0.1, 0.15) is 29.0 Å². The molecule has 0 fully saturated rings. The van der Waals surface area contributed by atoms with Gasteiger partial charge in [0.15, 0.2) is 0 Å². The van der Waals surface area contributed by atoms with Gasteiger partial charge in [0, 0.05) is 18.0 Å². The number of amides is 2. The Kier molecular flexibility index (Phi) is 5.71. The van der Waals surface area contributed by atoms with Crippen LogP contribution in [-0.4, -0.2) is 43.2 Å². The molecule has 1 unspecified atom stereocenters. The fourth-order valence-corrected chi connectivity index (χ4v) is 2.32. The van der Waals surface area contributed by atoms with E-state index in [0.717, 1.165) is 5.56 Å². The summed E-state index contributed by atoms with van der Waals surface area (Å²) < 4.78 is 25.8. The number of aromatic nitrogens is 5. The normalized spacial score (nSPS) is 11.9. The highest BCUT2D eigenvalue weighted by Crippen LogP contribution is 2.20. The van der Waals surface area contributed by atoms with Crippen molar-refractivity contribution < 1.29 is 18.4 Å². The Labute approximate surface area is 163 Å². The van der Waals surface area contributed by atoms with Crippen molar-refractivity contribution in [1.82, 2.24) is 35.8 Å². The van der Waals surface area contributed by atoms with Gasteiger partial charge in [-0.25, -0.2) is 9.67 Å². The molecule has 0 spiro atoms. The van der Waals surface area contributed by atoms with E-state index in [4.69, 9.17) is 5.73 Å². The third-order valence-corrected chi connectivity index (χ3v) is 3.96. The fraction of sp³-hybridized carbons (Fsp3) is 0.176. The Balaban J connectivity index is 1.67. The molecule has 0 aromatic carbocycles. The molecule has 4 N–H and O–H groups in total. The van der Waals surface area contributed by atoms with E-state index in [2.05, 4.69) is 20.3 Å². The number of hydrogen-bond donors (Lipinski definition) is 3. The number of nitrogen functional groups attached to an aromatic ring is 1. The Morgan fingerprint density at radius 1 is 1.10 bits per heavy atom. The lowest BCUT2D eigenvalue weighted by atomic mass is 10.1. The Hall–Kier alpha value is -3.96. The van der Waals surface area contributed by atoms with Gasteiger partial charge in [-0.2, -0.15) is 8.78 Å². The van der Waals surface area contributed by atoms with Gasteiger partial charge >= 0.3 is 12.3 Å². The van der Waals surface area contributed by atoms with Gasteiger partial charge in [-0.3, -0.25) is 25.4 Å². The summed E-state index contributed by atoms with van der Waals surface area (Å²) in [6.45, 7) is 1.84. The Bertz CT molecular complexity index is 1010. The lowest BCUT2D eigenvalue weighted by molar-refractivity contribution is -0.132. The molecule has 0 aliphatic heterocycles. The van der Waals surface area contributed by atoms with Crippen LogP contribution in [-0.2, 0) is 4.79 Å². The summed E-state index contributed by atoms with van der Waals surface area (Å²) in [4.78, 5) is 30.8. The minimum atomic E-state index is -3.23. The lowest BCUT2D eigenvalue weighted by Gasteiger charge is -2.11. The average molecular weight is 402 g/mol. The number of alkyl halides is 2. The minimum absolute atomic E-state index is 0.0859. The molecule has 0 bridgehead atoms. The number of rotatable bonds is 5.